The zero-order chi connectivity index (χ0) is 13.3. The third-order valence-corrected chi connectivity index (χ3v) is 3.47. The van der Waals surface area contributed by atoms with Crippen molar-refractivity contribution in [2.75, 3.05) is 6.61 Å². The molecular formula is C12H23NO4. The van der Waals surface area contributed by atoms with E-state index in [2.05, 4.69) is 0 Å². The van der Waals surface area contributed by atoms with Gasteiger partial charge in [-0.15, -0.1) is 0 Å². The molecule has 1 saturated carbocycles. The first kappa shape index (κ1) is 14.3. The summed E-state index contributed by atoms with van der Waals surface area (Å²) in [5, 5.41) is 28.2. The van der Waals surface area contributed by atoms with Crippen LogP contribution in [-0.4, -0.2) is 50.1 Å². The van der Waals surface area contributed by atoms with Crippen molar-refractivity contribution in [3.63, 3.8) is 0 Å². The Morgan fingerprint density at radius 3 is 2.12 bits per heavy atom. The minimum absolute atomic E-state index is 0.0701. The van der Waals surface area contributed by atoms with Crippen molar-refractivity contribution in [1.82, 2.24) is 4.90 Å². The molecule has 0 unspecified atom stereocenters. The Labute approximate surface area is 102 Å². The van der Waals surface area contributed by atoms with Crippen LogP contribution >= 0.6 is 0 Å². The van der Waals surface area contributed by atoms with E-state index in [0.717, 1.165) is 0 Å². The minimum Gasteiger partial charge on any atom is -0.465 e. The summed E-state index contributed by atoms with van der Waals surface area (Å²) >= 11 is 0. The molecule has 0 radical (unpaired) electrons. The highest BCUT2D eigenvalue weighted by atomic mass is 16.4. The molecule has 1 rings (SSSR count). The highest BCUT2D eigenvalue weighted by molar-refractivity contribution is 5.66. The van der Waals surface area contributed by atoms with Crippen molar-refractivity contribution in [2.45, 2.75) is 63.6 Å². The van der Waals surface area contributed by atoms with Gasteiger partial charge in [-0.1, -0.05) is 0 Å². The van der Waals surface area contributed by atoms with Crippen molar-refractivity contribution < 1.29 is 20.1 Å². The number of nitrogens with zero attached hydrogens (tertiary/aromatic N) is 1. The molecule has 100 valence electrons. The second kappa shape index (κ2) is 4.82. The quantitative estimate of drug-likeness (QED) is 0.687. The Bertz CT molecular complexity index is 277. The van der Waals surface area contributed by atoms with E-state index in [4.69, 9.17) is 5.11 Å². The number of carbonyl (C=O) groups is 1. The van der Waals surface area contributed by atoms with E-state index in [1.165, 1.54) is 4.90 Å². The Morgan fingerprint density at radius 1 is 1.35 bits per heavy atom. The van der Waals surface area contributed by atoms with Crippen molar-refractivity contribution in [3.05, 3.63) is 0 Å². The van der Waals surface area contributed by atoms with Crippen LogP contribution in [0.1, 0.15) is 46.5 Å². The third-order valence-electron chi connectivity index (χ3n) is 3.47. The molecule has 1 amide bonds. The number of aliphatic hydroxyl groups excluding tert-OH is 1. The normalized spacial score (nSPS) is 30.1. The SMILES string of the molecule is CC(C)(C)N(C(=O)O)[C@H]1CC[C@](O)(CO)CC1. The summed E-state index contributed by atoms with van der Waals surface area (Å²) in [4.78, 5) is 12.8. The Kier molecular flexibility index (Phi) is 4.04. The molecule has 0 saturated heterocycles. The molecular weight excluding hydrogens is 222 g/mol. The molecule has 0 aromatic heterocycles. The third kappa shape index (κ3) is 3.33. The van der Waals surface area contributed by atoms with Gasteiger partial charge in [0.2, 0.25) is 0 Å². The lowest BCUT2D eigenvalue weighted by molar-refractivity contribution is -0.0630. The molecule has 1 aliphatic rings. The van der Waals surface area contributed by atoms with Gasteiger partial charge in [0, 0.05) is 11.6 Å². The first-order valence-corrected chi connectivity index (χ1v) is 6.05. The lowest BCUT2D eigenvalue weighted by Crippen LogP contribution is -2.54. The molecule has 0 heterocycles. The first-order chi connectivity index (χ1) is 7.69. The summed E-state index contributed by atoms with van der Waals surface area (Å²) in [6.45, 7) is 5.36. The zero-order valence-corrected chi connectivity index (χ0v) is 10.8. The average Bonchev–Trinajstić information content (AvgIpc) is 2.19. The summed E-state index contributed by atoms with van der Waals surface area (Å²) in [5.41, 5.74) is -1.45. The molecule has 5 heteroatoms. The molecule has 0 aromatic carbocycles. The van der Waals surface area contributed by atoms with Gasteiger partial charge in [-0.2, -0.15) is 0 Å². The lowest BCUT2D eigenvalue weighted by atomic mass is 9.81. The molecule has 3 N–H and O–H groups in total. The molecule has 5 nitrogen and oxygen atoms in total. The predicted molar refractivity (Wildman–Crippen MR) is 63.9 cm³/mol. The highest BCUT2D eigenvalue weighted by Crippen LogP contribution is 2.33. The fraction of sp³-hybridized carbons (Fsp3) is 0.917. The lowest BCUT2D eigenvalue weighted by Gasteiger charge is -2.44. The maximum absolute atomic E-state index is 11.3. The molecule has 1 aliphatic carbocycles. The van der Waals surface area contributed by atoms with Crippen LogP contribution in [-0.2, 0) is 0 Å². The van der Waals surface area contributed by atoms with Crippen LogP contribution in [0, 0.1) is 0 Å². The molecule has 0 aliphatic heterocycles. The monoisotopic (exact) mass is 245 g/mol. The number of hydrogen-bond acceptors (Lipinski definition) is 3. The fourth-order valence-electron chi connectivity index (χ4n) is 2.55. The summed E-state index contributed by atoms with van der Waals surface area (Å²) < 4.78 is 0. The fourth-order valence-corrected chi connectivity index (χ4v) is 2.55. The largest absolute Gasteiger partial charge is 0.465 e. The molecule has 0 atom stereocenters. The Morgan fingerprint density at radius 2 is 1.82 bits per heavy atom. The Hall–Kier alpha value is -0.810. The Balaban J connectivity index is 2.72. The van der Waals surface area contributed by atoms with Crippen molar-refractivity contribution >= 4 is 6.09 Å². The molecule has 0 spiro atoms. The van der Waals surface area contributed by atoms with E-state index in [1.54, 1.807) is 0 Å². The minimum atomic E-state index is -1.02. The van der Waals surface area contributed by atoms with E-state index < -0.39 is 17.2 Å². The van der Waals surface area contributed by atoms with Crippen molar-refractivity contribution in [1.29, 1.82) is 0 Å². The second-order valence-electron chi connectivity index (χ2n) is 5.94. The van der Waals surface area contributed by atoms with Gasteiger partial charge < -0.3 is 20.2 Å². The molecule has 17 heavy (non-hydrogen) atoms. The average molecular weight is 245 g/mol. The van der Waals surface area contributed by atoms with E-state index in [9.17, 15) is 15.0 Å². The number of carboxylic acid groups (broad SMARTS) is 1. The summed E-state index contributed by atoms with van der Waals surface area (Å²) in [7, 11) is 0. The zero-order valence-electron chi connectivity index (χ0n) is 10.8. The number of aliphatic hydroxyl groups is 2. The summed E-state index contributed by atoms with van der Waals surface area (Å²) in [6.07, 6.45) is 1.18. The number of rotatable bonds is 2. The topological polar surface area (TPSA) is 81.0 Å². The van der Waals surface area contributed by atoms with E-state index >= 15 is 0 Å². The van der Waals surface area contributed by atoms with E-state index in [-0.39, 0.29) is 12.6 Å². The van der Waals surface area contributed by atoms with Gasteiger partial charge in [-0.3, -0.25) is 0 Å². The maximum atomic E-state index is 11.3. The van der Waals surface area contributed by atoms with Gasteiger partial charge in [-0.05, 0) is 46.5 Å². The van der Waals surface area contributed by atoms with Crippen LogP contribution in [0.25, 0.3) is 0 Å². The molecule has 1 fully saturated rings. The van der Waals surface area contributed by atoms with Gasteiger partial charge >= 0.3 is 6.09 Å². The van der Waals surface area contributed by atoms with E-state index in [0.29, 0.717) is 25.7 Å². The smallest absolute Gasteiger partial charge is 0.407 e. The van der Waals surface area contributed by atoms with Crippen molar-refractivity contribution in [3.8, 4) is 0 Å². The summed E-state index contributed by atoms with van der Waals surface area (Å²) in [5.74, 6) is 0. The number of amides is 1. The summed E-state index contributed by atoms with van der Waals surface area (Å²) in [6, 6.07) is -0.0701. The van der Waals surface area contributed by atoms with Crippen molar-refractivity contribution in [2.24, 2.45) is 0 Å². The van der Waals surface area contributed by atoms with Crippen LogP contribution in [0.15, 0.2) is 0 Å². The van der Waals surface area contributed by atoms with Gasteiger partial charge in [0.25, 0.3) is 0 Å². The molecule has 0 bridgehead atoms. The van der Waals surface area contributed by atoms with Gasteiger partial charge in [0.05, 0.1) is 12.2 Å². The van der Waals surface area contributed by atoms with Crippen LogP contribution in [0.3, 0.4) is 0 Å². The van der Waals surface area contributed by atoms with Crippen LogP contribution in [0.5, 0.6) is 0 Å². The van der Waals surface area contributed by atoms with Crippen LogP contribution in [0.4, 0.5) is 4.79 Å². The van der Waals surface area contributed by atoms with E-state index in [1.807, 2.05) is 20.8 Å². The second-order valence-corrected chi connectivity index (χ2v) is 5.94. The molecule has 0 aromatic rings. The maximum Gasteiger partial charge on any atom is 0.407 e. The standard InChI is InChI=1S/C12H23NO4/c1-11(2,3)13(10(15)16)9-4-6-12(17,8-14)7-5-9/h9,14,17H,4-8H2,1-3H3,(H,15,16)/t9-,12+. The van der Waals surface area contributed by atoms with Crippen LogP contribution < -0.4 is 0 Å². The van der Waals surface area contributed by atoms with Gasteiger partial charge in [0.15, 0.2) is 0 Å². The number of hydrogen-bond donors (Lipinski definition) is 3. The first-order valence-electron chi connectivity index (χ1n) is 6.05. The van der Waals surface area contributed by atoms with Gasteiger partial charge in [0.1, 0.15) is 0 Å². The highest BCUT2D eigenvalue weighted by Gasteiger charge is 2.39. The van der Waals surface area contributed by atoms with Gasteiger partial charge in [-0.25, -0.2) is 4.79 Å². The van der Waals surface area contributed by atoms with Crippen LogP contribution in [0.2, 0.25) is 0 Å². The predicted octanol–water partition coefficient (Wildman–Crippen LogP) is 1.43.